The highest BCUT2D eigenvalue weighted by Crippen LogP contribution is 2.17. The molecule has 2 aromatic rings. The zero-order chi connectivity index (χ0) is 10.7. The summed E-state index contributed by atoms with van der Waals surface area (Å²) in [4.78, 5) is 7.94. The fourth-order valence-electron chi connectivity index (χ4n) is 1.08. The minimum atomic E-state index is -0.607. The van der Waals surface area contributed by atoms with E-state index in [-0.39, 0.29) is 6.61 Å². The lowest BCUT2D eigenvalue weighted by molar-refractivity contribution is 0.260. The maximum Gasteiger partial charge on any atom is 0.258 e. The van der Waals surface area contributed by atoms with Crippen LogP contribution in [-0.4, -0.2) is 26.8 Å². The summed E-state index contributed by atoms with van der Waals surface area (Å²) in [6, 6.07) is 2.90. The molecule has 0 fully saturated rings. The molecule has 1 atom stereocenters. The Hall–Kier alpha value is -1.79. The molecule has 3 N–H and O–H groups in total. The third kappa shape index (κ3) is 2.00. The van der Waals surface area contributed by atoms with E-state index in [9.17, 15) is 0 Å². The smallest absolute Gasteiger partial charge is 0.258 e. The van der Waals surface area contributed by atoms with Crippen molar-refractivity contribution in [2.45, 2.75) is 6.04 Å². The van der Waals surface area contributed by atoms with Crippen molar-refractivity contribution in [2.24, 2.45) is 5.73 Å². The first kappa shape index (κ1) is 9.75. The maximum atomic E-state index is 8.81. The van der Waals surface area contributed by atoms with Crippen LogP contribution in [0.2, 0.25) is 0 Å². The Bertz CT molecular complexity index is 429. The number of nitrogens with zero attached hydrogens (tertiary/aromatic N) is 3. The fraction of sp³-hybridized carbons (Fsp3) is 0.222. The zero-order valence-corrected chi connectivity index (χ0v) is 7.87. The van der Waals surface area contributed by atoms with Gasteiger partial charge in [-0.15, -0.1) is 0 Å². The van der Waals surface area contributed by atoms with Crippen LogP contribution in [0.25, 0.3) is 11.5 Å². The quantitative estimate of drug-likeness (QED) is 0.740. The standard InChI is InChI=1S/C9H10N4O2/c10-7(5-14)8-12-9(15-13-8)6-1-3-11-4-2-6/h1-4,7,14H,5,10H2. The molecule has 6 nitrogen and oxygen atoms in total. The second kappa shape index (κ2) is 4.16. The Morgan fingerprint density at radius 2 is 2.13 bits per heavy atom. The maximum absolute atomic E-state index is 8.81. The van der Waals surface area contributed by atoms with Crippen LogP contribution < -0.4 is 5.73 Å². The van der Waals surface area contributed by atoms with Crippen molar-refractivity contribution in [1.82, 2.24) is 15.1 Å². The van der Waals surface area contributed by atoms with Gasteiger partial charge < -0.3 is 15.4 Å². The zero-order valence-electron chi connectivity index (χ0n) is 7.87. The molecule has 0 aliphatic rings. The first-order valence-corrected chi connectivity index (χ1v) is 4.41. The second-order valence-electron chi connectivity index (χ2n) is 2.98. The van der Waals surface area contributed by atoms with Gasteiger partial charge in [-0.2, -0.15) is 4.98 Å². The summed E-state index contributed by atoms with van der Waals surface area (Å²) in [5.74, 6) is 0.667. The molecule has 1 unspecified atom stereocenters. The molecule has 15 heavy (non-hydrogen) atoms. The Morgan fingerprint density at radius 3 is 2.80 bits per heavy atom. The summed E-state index contributed by atoms with van der Waals surface area (Å²) in [5.41, 5.74) is 6.31. The normalized spacial score (nSPS) is 12.7. The predicted molar refractivity (Wildman–Crippen MR) is 51.5 cm³/mol. The number of aromatic nitrogens is 3. The molecule has 0 aliphatic carbocycles. The van der Waals surface area contributed by atoms with Crippen LogP contribution in [0.1, 0.15) is 11.9 Å². The highest BCUT2D eigenvalue weighted by molar-refractivity contribution is 5.51. The molecule has 2 aromatic heterocycles. The van der Waals surface area contributed by atoms with Gasteiger partial charge in [-0.25, -0.2) is 0 Å². The molecular weight excluding hydrogens is 196 g/mol. The van der Waals surface area contributed by atoms with E-state index in [1.165, 1.54) is 0 Å². The van der Waals surface area contributed by atoms with Crippen molar-refractivity contribution in [3.8, 4) is 11.5 Å². The Balaban J connectivity index is 2.28. The minimum Gasteiger partial charge on any atom is -0.394 e. The van der Waals surface area contributed by atoms with Crippen LogP contribution in [0.15, 0.2) is 29.0 Å². The average Bonchev–Trinajstić information content (AvgIpc) is 2.78. The largest absolute Gasteiger partial charge is 0.394 e. The molecular formula is C9H10N4O2. The van der Waals surface area contributed by atoms with E-state index in [2.05, 4.69) is 15.1 Å². The molecule has 0 radical (unpaired) electrons. The number of aliphatic hydroxyl groups is 1. The van der Waals surface area contributed by atoms with Gasteiger partial charge >= 0.3 is 0 Å². The lowest BCUT2D eigenvalue weighted by atomic mass is 10.2. The van der Waals surface area contributed by atoms with Gasteiger partial charge in [0, 0.05) is 18.0 Å². The molecule has 0 spiro atoms. The molecule has 0 bridgehead atoms. The highest BCUT2D eigenvalue weighted by atomic mass is 16.5. The Morgan fingerprint density at radius 1 is 1.40 bits per heavy atom. The Labute approximate surface area is 85.8 Å². The van der Waals surface area contributed by atoms with Crippen molar-refractivity contribution in [3.63, 3.8) is 0 Å². The van der Waals surface area contributed by atoms with Crippen LogP contribution in [-0.2, 0) is 0 Å². The van der Waals surface area contributed by atoms with Crippen LogP contribution in [0, 0.1) is 0 Å². The minimum absolute atomic E-state index is 0.213. The van der Waals surface area contributed by atoms with Crippen molar-refractivity contribution in [2.75, 3.05) is 6.61 Å². The van der Waals surface area contributed by atoms with Crippen molar-refractivity contribution < 1.29 is 9.63 Å². The summed E-state index contributed by atoms with van der Waals surface area (Å²) in [6.07, 6.45) is 3.26. The molecule has 0 amide bonds. The van der Waals surface area contributed by atoms with E-state index in [1.807, 2.05) is 0 Å². The van der Waals surface area contributed by atoms with Crippen LogP contribution in [0.4, 0.5) is 0 Å². The first-order chi connectivity index (χ1) is 7.31. The summed E-state index contributed by atoms with van der Waals surface area (Å²) in [6.45, 7) is -0.213. The lowest BCUT2D eigenvalue weighted by Crippen LogP contribution is -2.15. The highest BCUT2D eigenvalue weighted by Gasteiger charge is 2.13. The molecule has 0 saturated carbocycles. The number of hydrogen-bond donors (Lipinski definition) is 2. The van der Waals surface area contributed by atoms with Crippen molar-refractivity contribution >= 4 is 0 Å². The van der Waals surface area contributed by atoms with Gasteiger partial charge in [-0.05, 0) is 12.1 Å². The third-order valence-corrected chi connectivity index (χ3v) is 1.90. The number of nitrogens with two attached hydrogens (primary N) is 1. The molecule has 78 valence electrons. The second-order valence-corrected chi connectivity index (χ2v) is 2.98. The Kier molecular flexibility index (Phi) is 2.70. The van der Waals surface area contributed by atoms with E-state index in [1.54, 1.807) is 24.5 Å². The first-order valence-electron chi connectivity index (χ1n) is 4.41. The van der Waals surface area contributed by atoms with E-state index in [0.29, 0.717) is 11.7 Å². The van der Waals surface area contributed by atoms with Gasteiger partial charge in [0.2, 0.25) is 0 Å². The van der Waals surface area contributed by atoms with E-state index in [4.69, 9.17) is 15.4 Å². The van der Waals surface area contributed by atoms with Crippen molar-refractivity contribution in [3.05, 3.63) is 30.4 Å². The van der Waals surface area contributed by atoms with Crippen LogP contribution in [0.3, 0.4) is 0 Å². The molecule has 2 rings (SSSR count). The summed E-state index contributed by atoms with van der Waals surface area (Å²) < 4.78 is 4.99. The monoisotopic (exact) mass is 206 g/mol. The molecule has 0 saturated heterocycles. The molecule has 6 heteroatoms. The summed E-state index contributed by atoms with van der Waals surface area (Å²) in [7, 11) is 0. The molecule has 2 heterocycles. The number of hydrogen-bond acceptors (Lipinski definition) is 6. The van der Waals surface area contributed by atoms with Crippen LogP contribution in [0.5, 0.6) is 0 Å². The third-order valence-electron chi connectivity index (χ3n) is 1.90. The SMILES string of the molecule is NC(CO)c1noc(-c2ccncc2)n1. The predicted octanol–water partition coefficient (Wildman–Crippen LogP) is 0.124. The van der Waals surface area contributed by atoms with E-state index >= 15 is 0 Å². The summed E-state index contributed by atoms with van der Waals surface area (Å²) >= 11 is 0. The lowest BCUT2D eigenvalue weighted by Gasteiger charge is -1.98. The number of aliphatic hydroxyl groups excluding tert-OH is 1. The van der Waals surface area contributed by atoms with Gasteiger partial charge in [-0.3, -0.25) is 4.98 Å². The van der Waals surface area contributed by atoms with Crippen LogP contribution >= 0.6 is 0 Å². The van der Waals surface area contributed by atoms with Gasteiger partial charge in [0.1, 0.15) is 0 Å². The average molecular weight is 206 g/mol. The van der Waals surface area contributed by atoms with Gasteiger partial charge in [0.15, 0.2) is 5.82 Å². The van der Waals surface area contributed by atoms with Gasteiger partial charge in [0.25, 0.3) is 5.89 Å². The van der Waals surface area contributed by atoms with Gasteiger partial charge in [-0.1, -0.05) is 5.16 Å². The van der Waals surface area contributed by atoms with E-state index < -0.39 is 6.04 Å². The number of rotatable bonds is 3. The molecule has 0 aromatic carbocycles. The number of pyridine rings is 1. The fourth-order valence-corrected chi connectivity index (χ4v) is 1.08. The van der Waals surface area contributed by atoms with Gasteiger partial charge in [0.05, 0.1) is 12.6 Å². The molecule has 0 aliphatic heterocycles. The van der Waals surface area contributed by atoms with E-state index in [0.717, 1.165) is 5.56 Å². The summed E-state index contributed by atoms with van der Waals surface area (Å²) in [5, 5.41) is 12.5. The van der Waals surface area contributed by atoms with Crippen molar-refractivity contribution in [1.29, 1.82) is 0 Å². The topological polar surface area (TPSA) is 98.1 Å².